The van der Waals surface area contributed by atoms with Gasteiger partial charge in [0.1, 0.15) is 61.0 Å². The predicted molar refractivity (Wildman–Crippen MR) is 226 cm³/mol. The van der Waals surface area contributed by atoms with Gasteiger partial charge in [0.25, 0.3) is 0 Å². The van der Waals surface area contributed by atoms with Gasteiger partial charge >= 0.3 is 5.97 Å². The van der Waals surface area contributed by atoms with E-state index in [9.17, 15) is 61.0 Å². The largest absolute Gasteiger partial charge is 0.481 e. The Morgan fingerprint density at radius 1 is 0.723 bits per heavy atom. The van der Waals surface area contributed by atoms with Crippen LogP contribution in [0.4, 0.5) is 0 Å². The van der Waals surface area contributed by atoms with Crippen molar-refractivity contribution < 1.29 is 89.4 Å². The van der Waals surface area contributed by atoms with Gasteiger partial charge < -0.3 is 84.6 Å². The van der Waals surface area contributed by atoms with Crippen LogP contribution in [0.2, 0.25) is 0 Å². The van der Waals surface area contributed by atoms with Crippen LogP contribution in [0, 0.1) is 50.2 Å². The molecule has 3 heterocycles. The number of fused-ring (bicyclic) bond motifs is 7. The van der Waals surface area contributed by atoms with Crippen LogP contribution in [0.1, 0.15) is 106 Å². The van der Waals surface area contributed by atoms with Crippen molar-refractivity contribution in [2.24, 2.45) is 50.2 Å². The smallest absolute Gasteiger partial charge is 0.310 e. The van der Waals surface area contributed by atoms with Crippen molar-refractivity contribution in [3.8, 4) is 0 Å². The van der Waals surface area contributed by atoms with E-state index in [4.69, 9.17) is 28.4 Å². The van der Waals surface area contributed by atoms with Crippen molar-refractivity contribution in [1.29, 1.82) is 0 Å². The Bertz CT molecular complexity index is 1780. The van der Waals surface area contributed by atoms with Crippen LogP contribution in [0.15, 0.2) is 11.6 Å². The van der Waals surface area contributed by atoms with Crippen molar-refractivity contribution in [3.63, 3.8) is 0 Å². The Balaban J connectivity index is 1.07. The lowest BCUT2D eigenvalue weighted by molar-refractivity contribution is -0.385. The maximum Gasteiger partial charge on any atom is 0.310 e. The van der Waals surface area contributed by atoms with Crippen LogP contribution < -0.4 is 0 Å². The summed E-state index contributed by atoms with van der Waals surface area (Å²) in [6.07, 6.45) is -15.9. The zero-order chi connectivity index (χ0) is 47.6. The Kier molecular flexibility index (Phi) is 13.4. The molecule has 7 fully saturated rings. The molecule has 3 aliphatic heterocycles. The van der Waals surface area contributed by atoms with Gasteiger partial charge in [-0.15, -0.1) is 0 Å². The number of aliphatic hydroxyl groups is 10. The highest BCUT2D eigenvalue weighted by molar-refractivity contribution is 5.76. The highest BCUT2D eigenvalue weighted by atomic mass is 16.8. The maximum absolute atomic E-state index is 13.2. The lowest BCUT2D eigenvalue weighted by Gasteiger charge is -2.71. The molecule has 3 saturated heterocycles. The molecule has 65 heavy (non-hydrogen) atoms. The summed E-state index contributed by atoms with van der Waals surface area (Å²) in [7, 11) is 0. The molecule has 24 unspecified atom stereocenters. The lowest BCUT2D eigenvalue weighted by atomic mass is 9.33. The fraction of sp³-hybridized carbons (Fsp3) is 0.936. The Morgan fingerprint density at radius 2 is 1.37 bits per heavy atom. The van der Waals surface area contributed by atoms with Crippen molar-refractivity contribution in [2.45, 2.75) is 204 Å². The highest BCUT2D eigenvalue weighted by Crippen LogP contribution is 2.76. The number of aliphatic carboxylic acids is 1. The number of ether oxygens (including phenoxy) is 6. The molecular weight excluding hydrogens is 852 g/mol. The zero-order valence-corrected chi connectivity index (χ0v) is 38.8. The van der Waals surface area contributed by atoms with Gasteiger partial charge in [-0.2, -0.15) is 0 Å². The number of carboxylic acid groups (broad SMARTS) is 1. The first kappa shape index (κ1) is 50.0. The minimum absolute atomic E-state index is 0.0152. The molecule has 18 heteroatoms. The summed E-state index contributed by atoms with van der Waals surface area (Å²) >= 11 is 0. The number of rotatable bonds is 9. The molecule has 5 aliphatic carbocycles. The number of hydrogen-bond donors (Lipinski definition) is 11. The van der Waals surface area contributed by atoms with E-state index < -0.39 is 134 Å². The topological polar surface area (TPSA) is 295 Å². The first-order chi connectivity index (χ1) is 30.3. The summed E-state index contributed by atoms with van der Waals surface area (Å²) in [6.45, 7) is 13.2. The van der Waals surface area contributed by atoms with Gasteiger partial charge in [-0.05, 0) is 104 Å². The van der Waals surface area contributed by atoms with Gasteiger partial charge in [-0.3, -0.25) is 4.79 Å². The molecular formula is C47H76O18. The van der Waals surface area contributed by atoms with Gasteiger partial charge in [0.15, 0.2) is 18.9 Å². The standard InChI is InChI=1S/C47H76O18/c1-21-29(51)32(54)34(56)38(61-21)64-36-31(53)26(63-39-35(57)33(55)30(52)25(18-48)62-39)19-60-40(36)65-37-24(50)17-43(4)27(44(37,5)20-49)10-11-46(7)28(43)9-8-22-23-16-42(2,3)12-14-47(23,41(58)59)15-13-45(22,46)6/h8,21,23-40,48-57H,9-20H2,1-7H3,(H,58,59). The van der Waals surface area contributed by atoms with Crippen LogP contribution in [0.25, 0.3) is 0 Å². The molecule has 11 N–H and O–H groups in total. The van der Waals surface area contributed by atoms with E-state index in [1.54, 1.807) is 0 Å². The van der Waals surface area contributed by atoms with E-state index in [-0.39, 0.29) is 40.6 Å². The quantitative estimate of drug-likeness (QED) is 0.110. The molecule has 0 aromatic carbocycles. The van der Waals surface area contributed by atoms with Gasteiger partial charge in [-0.25, -0.2) is 0 Å². The van der Waals surface area contributed by atoms with Crippen LogP contribution in [-0.4, -0.2) is 180 Å². The maximum atomic E-state index is 13.2. The van der Waals surface area contributed by atoms with Gasteiger partial charge in [0, 0.05) is 5.41 Å². The van der Waals surface area contributed by atoms with Crippen LogP contribution >= 0.6 is 0 Å². The van der Waals surface area contributed by atoms with E-state index in [1.807, 2.05) is 6.92 Å². The minimum Gasteiger partial charge on any atom is -0.481 e. The fourth-order valence-electron chi connectivity index (χ4n) is 14.9. The minimum atomic E-state index is -1.81. The Labute approximate surface area is 380 Å². The van der Waals surface area contributed by atoms with Crippen LogP contribution in [0.5, 0.6) is 0 Å². The molecule has 24 atom stereocenters. The normalized spacial score (nSPS) is 55.5. The molecule has 0 aromatic rings. The zero-order valence-electron chi connectivity index (χ0n) is 38.8. The second kappa shape index (κ2) is 17.5. The molecule has 18 nitrogen and oxygen atoms in total. The third-order valence-electron chi connectivity index (χ3n) is 19.1. The number of allylic oxidation sites excluding steroid dienone is 2. The van der Waals surface area contributed by atoms with Crippen molar-refractivity contribution in [3.05, 3.63) is 11.6 Å². The van der Waals surface area contributed by atoms with E-state index in [1.165, 1.54) is 12.5 Å². The van der Waals surface area contributed by atoms with Crippen LogP contribution in [0.3, 0.4) is 0 Å². The van der Waals surface area contributed by atoms with Crippen LogP contribution in [-0.2, 0) is 33.2 Å². The summed E-state index contributed by atoms with van der Waals surface area (Å²) in [5.41, 5.74) is -1.63. The number of carbonyl (C=O) groups is 1. The molecule has 372 valence electrons. The van der Waals surface area contributed by atoms with E-state index in [0.29, 0.717) is 32.1 Å². The number of hydrogen-bond acceptors (Lipinski definition) is 17. The second-order valence-electron chi connectivity index (χ2n) is 23.0. The predicted octanol–water partition coefficient (Wildman–Crippen LogP) is 0.316. The molecule has 8 rings (SSSR count). The summed E-state index contributed by atoms with van der Waals surface area (Å²) < 4.78 is 36.2. The first-order valence-electron chi connectivity index (χ1n) is 23.8. The van der Waals surface area contributed by atoms with E-state index in [0.717, 1.165) is 25.7 Å². The summed E-state index contributed by atoms with van der Waals surface area (Å²) in [6, 6.07) is 0. The van der Waals surface area contributed by atoms with Gasteiger partial charge in [0.2, 0.25) is 0 Å². The fourth-order valence-corrected chi connectivity index (χ4v) is 14.9. The monoisotopic (exact) mass is 929 g/mol. The molecule has 0 spiro atoms. The van der Waals surface area contributed by atoms with Crippen molar-refractivity contribution >= 4 is 5.97 Å². The average Bonchev–Trinajstić information content (AvgIpc) is 3.25. The highest BCUT2D eigenvalue weighted by Gasteiger charge is 2.71. The van der Waals surface area contributed by atoms with Crippen molar-refractivity contribution in [2.75, 3.05) is 19.8 Å². The third-order valence-corrected chi connectivity index (χ3v) is 19.1. The molecule has 0 bridgehead atoms. The van der Waals surface area contributed by atoms with Crippen molar-refractivity contribution in [1.82, 2.24) is 0 Å². The SMILES string of the molecule is CC1OC(OC2C(OC3C(O)CC4(C)C(CCC5(C)C4CC=C4C6CC(C)(C)CCC6(C(=O)O)CCC45C)C3(C)CO)OCC(OC3OC(CO)C(O)C(O)C3O)C2O)C(O)C(O)C1O. The second-order valence-corrected chi connectivity index (χ2v) is 23.0. The van der Waals surface area contributed by atoms with E-state index in [2.05, 4.69) is 40.7 Å². The molecule has 0 radical (unpaired) electrons. The molecule has 0 amide bonds. The lowest BCUT2D eigenvalue weighted by Crippen LogP contribution is -2.69. The summed E-state index contributed by atoms with van der Waals surface area (Å²) in [4.78, 5) is 13.2. The number of carboxylic acids is 1. The summed E-state index contributed by atoms with van der Waals surface area (Å²) in [5, 5.41) is 120. The first-order valence-corrected chi connectivity index (χ1v) is 23.8. The summed E-state index contributed by atoms with van der Waals surface area (Å²) in [5.74, 6) is -0.883. The Hall–Kier alpha value is -1.43. The average molecular weight is 929 g/mol. The Morgan fingerprint density at radius 3 is 2.02 bits per heavy atom. The van der Waals surface area contributed by atoms with Gasteiger partial charge in [-0.1, -0.05) is 53.2 Å². The molecule has 8 aliphatic rings. The van der Waals surface area contributed by atoms with Gasteiger partial charge in [0.05, 0.1) is 43.5 Å². The molecule has 0 aromatic heterocycles. The number of aliphatic hydroxyl groups excluding tert-OH is 10. The van der Waals surface area contributed by atoms with E-state index >= 15 is 0 Å². The molecule has 4 saturated carbocycles. The third kappa shape index (κ3) is 7.71.